The lowest BCUT2D eigenvalue weighted by Crippen LogP contribution is -2.23. The van der Waals surface area contributed by atoms with Crippen molar-refractivity contribution in [1.82, 2.24) is 0 Å². The Labute approximate surface area is 102 Å². The van der Waals surface area contributed by atoms with Crippen LogP contribution < -0.4 is 0 Å². The molecule has 2 aliphatic carbocycles. The van der Waals surface area contributed by atoms with Gasteiger partial charge in [0.15, 0.2) is 0 Å². The Kier molecular flexibility index (Phi) is 2.46. The van der Waals surface area contributed by atoms with E-state index >= 15 is 0 Å². The van der Waals surface area contributed by atoms with E-state index < -0.39 is 0 Å². The van der Waals surface area contributed by atoms with Gasteiger partial charge in [-0.3, -0.25) is 0 Å². The first-order chi connectivity index (χ1) is 8.25. The molecule has 0 spiro atoms. The zero-order valence-corrected chi connectivity index (χ0v) is 10.2. The van der Waals surface area contributed by atoms with E-state index in [0.717, 1.165) is 11.5 Å². The van der Waals surface area contributed by atoms with Crippen LogP contribution in [0.1, 0.15) is 48.0 Å². The van der Waals surface area contributed by atoms with Crippen molar-refractivity contribution in [2.24, 2.45) is 5.92 Å². The van der Waals surface area contributed by atoms with E-state index in [9.17, 15) is 4.79 Å². The Balaban J connectivity index is 2.05. The van der Waals surface area contributed by atoms with Crippen LogP contribution in [0.15, 0.2) is 24.3 Å². The first-order valence-electron chi connectivity index (χ1n) is 6.43. The number of fused-ring (bicyclic) bond motifs is 2. The molecule has 90 valence electrons. The third-order valence-electron chi connectivity index (χ3n) is 4.65. The van der Waals surface area contributed by atoms with Crippen LogP contribution in [-0.2, 0) is 10.2 Å². The topological polar surface area (TPSA) is 26.3 Å². The summed E-state index contributed by atoms with van der Waals surface area (Å²) in [5.74, 6) is 0.700. The summed E-state index contributed by atoms with van der Waals surface area (Å²) in [7, 11) is 1.46. The average molecular weight is 230 g/mol. The van der Waals surface area contributed by atoms with Crippen LogP contribution in [0.25, 0.3) is 0 Å². The van der Waals surface area contributed by atoms with Crippen LogP contribution >= 0.6 is 0 Å². The monoisotopic (exact) mass is 230 g/mol. The van der Waals surface area contributed by atoms with Gasteiger partial charge in [0, 0.05) is 0 Å². The Bertz CT molecular complexity index is 442. The van der Waals surface area contributed by atoms with Gasteiger partial charge < -0.3 is 4.74 Å². The molecule has 2 nitrogen and oxygen atoms in total. The number of hydrogen-bond acceptors (Lipinski definition) is 2. The highest BCUT2D eigenvalue weighted by molar-refractivity contribution is 5.91. The quantitative estimate of drug-likeness (QED) is 0.729. The summed E-state index contributed by atoms with van der Waals surface area (Å²) < 4.78 is 4.90. The van der Waals surface area contributed by atoms with E-state index in [-0.39, 0.29) is 11.4 Å². The maximum Gasteiger partial charge on any atom is 0.338 e. The molecule has 1 aromatic rings. The van der Waals surface area contributed by atoms with Gasteiger partial charge in [-0.15, -0.1) is 0 Å². The highest BCUT2D eigenvalue weighted by Crippen LogP contribution is 2.55. The van der Waals surface area contributed by atoms with Crippen molar-refractivity contribution >= 4 is 5.97 Å². The molecule has 1 aromatic carbocycles. The minimum absolute atomic E-state index is 0.190. The van der Waals surface area contributed by atoms with E-state index in [1.807, 2.05) is 18.2 Å². The Morgan fingerprint density at radius 2 is 2.00 bits per heavy atom. The first-order valence-corrected chi connectivity index (χ1v) is 6.43. The van der Waals surface area contributed by atoms with E-state index in [1.165, 1.54) is 44.8 Å². The van der Waals surface area contributed by atoms with Crippen molar-refractivity contribution in [1.29, 1.82) is 0 Å². The molecule has 0 unspecified atom stereocenters. The molecule has 0 atom stereocenters. The summed E-state index contributed by atoms with van der Waals surface area (Å²) in [5, 5.41) is 0. The standard InChI is InChI=1S/C15H18O2/c1-17-14(16)12-4-2-3-5-13(12)15-8-6-11(10-15)7-9-15/h2-5,11H,6-10H2,1H3. The van der Waals surface area contributed by atoms with Crippen molar-refractivity contribution < 1.29 is 9.53 Å². The third-order valence-corrected chi connectivity index (χ3v) is 4.65. The number of esters is 1. The summed E-state index contributed by atoms with van der Waals surface area (Å²) in [6.07, 6.45) is 6.41. The van der Waals surface area contributed by atoms with Gasteiger partial charge >= 0.3 is 5.97 Å². The maximum atomic E-state index is 11.8. The fourth-order valence-electron chi connectivity index (χ4n) is 3.80. The normalized spacial score (nSPS) is 30.5. The predicted molar refractivity (Wildman–Crippen MR) is 66.0 cm³/mol. The zero-order valence-electron chi connectivity index (χ0n) is 10.2. The number of methoxy groups -OCH3 is 1. The molecule has 0 N–H and O–H groups in total. The van der Waals surface area contributed by atoms with Gasteiger partial charge in [-0.2, -0.15) is 0 Å². The van der Waals surface area contributed by atoms with Gasteiger partial charge in [-0.1, -0.05) is 18.2 Å². The van der Waals surface area contributed by atoms with Gasteiger partial charge in [-0.25, -0.2) is 4.79 Å². The average Bonchev–Trinajstić information content (AvgIpc) is 2.99. The number of ether oxygens (including phenoxy) is 1. The molecule has 0 amide bonds. The Morgan fingerprint density at radius 1 is 1.29 bits per heavy atom. The van der Waals surface area contributed by atoms with Gasteiger partial charge in [0.2, 0.25) is 0 Å². The first kappa shape index (κ1) is 10.8. The lowest BCUT2D eigenvalue weighted by molar-refractivity contribution is 0.0597. The van der Waals surface area contributed by atoms with Gasteiger partial charge in [0.25, 0.3) is 0 Å². The second-order valence-electron chi connectivity index (χ2n) is 5.46. The van der Waals surface area contributed by atoms with Gasteiger partial charge in [0.1, 0.15) is 0 Å². The number of hydrogen-bond donors (Lipinski definition) is 0. The molecule has 2 bridgehead atoms. The van der Waals surface area contributed by atoms with Crippen molar-refractivity contribution in [2.45, 2.75) is 37.5 Å². The molecular formula is C15H18O2. The number of rotatable bonds is 2. The summed E-state index contributed by atoms with van der Waals surface area (Å²) in [4.78, 5) is 11.8. The lowest BCUT2D eigenvalue weighted by atomic mass is 9.75. The third kappa shape index (κ3) is 1.58. The molecule has 0 radical (unpaired) electrons. The fourth-order valence-corrected chi connectivity index (χ4v) is 3.80. The second-order valence-corrected chi connectivity index (χ2v) is 5.46. The molecule has 2 heteroatoms. The van der Waals surface area contributed by atoms with Crippen LogP contribution in [0.5, 0.6) is 0 Å². The maximum absolute atomic E-state index is 11.8. The second kappa shape index (κ2) is 3.86. The summed E-state index contributed by atoms with van der Waals surface area (Å²) >= 11 is 0. The summed E-state index contributed by atoms with van der Waals surface area (Å²) in [5.41, 5.74) is 2.28. The minimum Gasteiger partial charge on any atom is -0.465 e. The van der Waals surface area contributed by atoms with E-state index in [1.54, 1.807) is 0 Å². The smallest absolute Gasteiger partial charge is 0.338 e. The molecule has 0 aromatic heterocycles. The van der Waals surface area contributed by atoms with Crippen molar-refractivity contribution in [2.75, 3.05) is 7.11 Å². The minimum atomic E-state index is -0.190. The molecule has 2 fully saturated rings. The summed E-state index contributed by atoms with van der Waals surface area (Å²) in [6, 6.07) is 8.00. The van der Waals surface area contributed by atoms with E-state index in [4.69, 9.17) is 4.74 Å². The van der Waals surface area contributed by atoms with E-state index in [2.05, 4.69) is 6.07 Å². The van der Waals surface area contributed by atoms with Crippen molar-refractivity contribution in [3.05, 3.63) is 35.4 Å². The van der Waals surface area contributed by atoms with Crippen LogP contribution in [0.2, 0.25) is 0 Å². The molecular weight excluding hydrogens is 212 g/mol. The van der Waals surface area contributed by atoms with Crippen LogP contribution in [0, 0.1) is 5.92 Å². The van der Waals surface area contributed by atoms with Crippen LogP contribution in [-0.4, -0.2) is 13.1 Å². The Hall–Kier alpha value is -1.31. The highest BCUT2D eigenvalue weighted by Gasteiger charge is 2.47. The van der Waals surface area contributed by atoms with Crippen LogP contribution in [0.4, 0.5) is 0 Å². The predicted octanol–water partition coefficient (Wildman–Crippen LogP) is 3.30. The highest BCUT2D eigenvalue weighted by atomic mass is 16.5. The molecule has 17 heavy (non-hydrogen) atoms. The van der Waals surface area contributed by atoms with Gasteiger partial charge in [0.05, 0.1) is 12.7 Å². The fraction of sp³-hybridized carbons (Fsp3) is 0.533. The number of carbonyl (C=O) groups is 1. The number of benzene rings is 1. The number of carbonyl (C=O) groups excluding carboxylic acids is 1. The molecule has 0 saturated heterocycles. The molecule has 0 heterocycles. The Morgan fingerprint density at radius 3 is 2.59 bits per heavy atom. The zero-order chi connectivity index (χ0) is 11.9. The van der Waals surface area contributed by atoms with Crippen molar-refractivity contribution in [3.63, 3.8) is 0 Å². The largest absolute Gasteiger partial charge is 0.465 e. The van der Waals surface area contributed by atoms with Crippen LogP contribution in [0.3, 0.4) is 0 Å². The lowest BCUT2D eigenvalue weighted by Gasteiger charge is -2.28. The van der Waals surface area contributed by atoms with E-state index in [0.29, 0.717) is 0 Å². The van der Waals surface area contributed by atoms with Gasteiger partial charge in [-0.05, 0) is 55.1 Å². The summed E-state index contributed by atoms with van der Waals surface area (Å²) in [6.45, 7) is 0. The molecule has 0 aliphatic heterocycles. The molecule has 2 aliphatic rings. The molecule has 3 rings (SSSR count). The SMILES string of the molecule is COC(=O)c1ccccc1C12CCC(CC1)C2. The van der Waals surface area contributed by atoms with Crippen molar-refractivity contribution in [3.8, 4) is 0 Å². The molecule has 2 saturated carbocycles.